The van der Waals surface area contributed by atoms with E-state index in [1.165, 1.54) is 0 Å². The fraction of sp³-hybridized carbons (Fsp3) is 0.267. The zero-order valence-corrected chi connectivity index (χ0v) is 12.0. The van der Waals surface area contributed by atoms with E-state index in [0.717, 1.165) is 22.8 Å². The van der Waals surface area contributed by atoms with Gasteiger partial charge in [0, 0.05) is 23.9 Å². The maximum absolute atomic E-state index is 12.1. The van der Waals surface area contributed by atoms with E-state index in [9.17, 15) is 4.79 Å². The van der Waals surface area contributed by atoms with Crippen LogP contribution in [0.25, 0.3) is 11.3 Å². The Hall–Kier alpha value is -1.88. The monoisotopic (exact) mass is 289 g/mol. The van der Waals surface area contributed by atoms with Crippen LogP contribution in [0.3, 0.4) is 0 Å². The van der Waals surface area contributed by atoms with Gasteiger partial charge in [-0.3, -0.25) is 4.79 Å². The molecule has 3 rings (SSSR count). The van der Waals surface area contributed by atoms with E-state index in [-0.39, 0.29) is 5.56 Å². The maximum atomic E-state index is 12.1. The number of hydrogen-bond donors (Lipinski definition) is 1. The fourth-order valence-electron chi connectivity index (χ4n) is 2.30. The molecule has 0 saturated carbocycles. The number of ether oxygens (including phenoxy) is 2. The second-order valence-electron chi connectivity index (χ2n) is 4.62. The van der Waals surface area contributed by atoms with Gasteiger partial charge in [0.2, 0.25) is 0 Å². The van der Waals surface area contributed by atoms with Crippen molar-refractivity contribution in [1.29, 1.82) is 0 Å². The molecule has 0 atom stereocenters. The second kappa shape index (κ2) is 5.25. The molecule has 1 aliphatic rings. The van der Waals surface area contributed by atoms with Gasteiger partial charge >= 0.3 is 0 Å². The Morgan fingerprint density at radius 3 is 2.65 bits per heavy atom. The largest absolute Gasteiger partial charge is 0.486 e. The van der Waals surface area contributed by atoms with Gasteiger partial charge in [0.25, 0.3) is 5.56 Å². The van der Waals surface area contributed by atoms with Gasteiger partial charge in [-0.15, -0.1) is 0 Å². The van der Waals surface area contributed by atoms with E-state index >= 15 is 0 Å². The van der Waals surface area contributed by atoms with E-state index < -0.39 is 0 Å². The third kappa shape index (κ3) is 2.18. The van der Waals surface area contributed by atoms with E-state index in [1.807, 2.05) is 30.3 Å². The highest BCUT2D eigenvalue weighted by molar-refractivity contribution is 7.79. The van der Waals surface area contributed by atoms with Gasteiger partial charge in [0.05, 0.1) is 5.69 Å². The number of hydrogen-bond acceptors (Lipinski definition) is 4. The van der Waals surface area contributed by atoms with Crippen molar-refractivity contribution in [2.45, 2.75) is 5.75 Å². The van der Waals surface area contributed by atoms with Crippen LogP contribution < -0.4 is 15.0 Å². The topological polar surface area (TPSA) is 40.5 Å². The van der Waals surface area contributed by atoms with Crippen LogP contribution in [0.1, 0.15) is 5.56 Å². The minimum absolute atomic E-state index is 0.0209. The summed E-state index contributed by atoms with van der Waals surface area (Å²) in [5, 5.41) is 0. The number of rotatable bonds is 2. The molecule has 0 radical (unpaired) electrons. The van der Waals surface area contributed by atoms with Crippen LogP contribution in [-0.4, -0.2) is 17.8 Å². The molecular weight excluding hydrogens is 274 g/mol. The summed E-state index contributed by atoms with van der Waals surface area (Å²) in [5.41, 5.74) is 2.45. The maximum Gasteiger partial charge on any atom is 0.254 e. The number of nitrogens with zero attached hydrogens (tertiary/aromatic N) is 1. The molecule has 0 unspecified atom stereocenters. The molecule has 1 aromatic heterocycles. The number of pyridine rings is 1. The molecule has 20 heavy (non-hydrogen) atoms. The summed E-state index contributed by atoms with van der Waals surface area (Å²) in [7, 11) is 1.77. The lowest BCUT2D eigenvalue weighted by Crippen LogP contribution is -2.21. The Labute approximate surface area is 122 Å². The van der Waals surface area contributed by atoms with Crippen LogP contribution in [0.2, 0.25) is 0 Å². The van der Waals surface area contributed by atoms with E-state index in [1.54, 1.807) is 11.6 Å². The quantitative estimate of drug-likeness (QED) is 0.862. The summed E-state index contributed by atoms with van der Waals surface area (Å²) < 4.78 is 12.7. The van der Waals surface area contributed by atoms with Crippen LogP contribution in [-0.2, 0) is 12.8 Å². The summed E-state index contributed by atoms with van der Waals surface area (Å²) in [6.07, 6.45) is 0. The van der Waals surface area contributed by atoms with Crippen molar-refractivity contribution < 1.29 is 9.47 Å². The first-order chi connectivity index (χ1) is 9.70. The first kappa shape index (κ1) is 13.1. The predicted octanol–water partition coefficient (Wildman–Crippen LogP) is 2.25. The molecule has 4 nitrogen and oxygen atoms in total. The minimum atomic E-state index is -0.0209. The van der Waals surface area contributed by atoms with Crippen molar-refractivity contribution in [3.05, 3.63) is 46.2 Å². The molecule has 2 heterocycles. The van der Waals surface area contributed by atoms with E-state index in [4.69, 9.17) is 9.47 Å². The Morgan fingerprint density at radius 2 is 1.90 bits per heavy atom. The van der Waals surface area contributed by atoms with Gasteiger partial charge in [0.15, 0.2) is 11.5 Å². The Kier molecular flexibility index (Phi) is 3.44. The van der Waals surface area contributed by atoms with Gasteiger partial charge in [0.1, 0.15) is 13.2 Å². The number of fused-ring (bicyclic) bond motifs is 1. The van der Waals surface area contributed by atoms with Crippen molar-refractivity contribution in [3.63, 3.8) is 0 Å². The number of benzene rings is 1. The molecule has 0 bridgehead atoms. The fourth-order valence-corrected chi connectivity index (χ4v) is 2.54. The molecule has 2 aromatic rings. The zero-order valence-electron chi connectivity index (χ0n) is 11.1. The summed E-state index contributed by atoms with van der Waals surface area (Å²) in [4.78, 5) is 12.1. The van der Waals surface area contributed by atoms with Crippen LogP contribution in [0.4, 0.5) is 0 Å². The van der Waals surface area contributed by atoms with Gasteiger partial charge < -0.3 is 14.0 Å². The summed E-state index contributed by atoms with van der Waals surface area (Å²) >= 11 is 4.16. The van der Waals surface area contributed by atoms with Crippen molar-refractivity contribution in [3.8, 4) is 22.8 Å². The first-order valence-corrected chi connectivity index (χ1v) is 7.04. The van der Waals surface area contributed by atoms with Gasteiger partial charge in [-0.1, -0.05) is 6.07 Å². The standard InChI is InChI=1S/C15H15NO3S/c1-16-12(4-2-11(9-20)15(16)17)10-3-5-13-14(8-10)19-7-6-18-13/h2-5,8,20H,6-7,9H2,1H3. The molecule has 1 aromatic carbocycles. The van der Waals surface area contributed by atoms with Crippen molar-refractivity contribution in [2.24, 2.45) is 7.05 Å². The normalized spacial score (nSPS) is 13.3. The van der Waals surface area contributed by atoms with E-state index in [2.05, 4.69) is 12.6 Å². The van der Waals surface area contributed by atoms with Crippen molar-refractivity contribution >= 4 is 12.6 Å². The minimum Gasteiger partial charge on any atom is -0.486 e. The molecular formula is C15H15NO3S. The van der Waals surface area contributed by atoms with Gasteiger partial charge in [-0.2, -0.15) is 12.6 Å². The average Bonchev–Trinajstić information content (AvgIpc) is 2.49. The third-order valence-electron chi connectivity index (χ3n) is 3.39. The summed E-state index contributed by atoms with van der Waals surface area (Å²) in [5.74, 6) is 1.91. The molecule has 0 N–H and O–H groups in total. The molecule has 5 heteroatoms. The Balaban J connectivity index is 2.09. The Bertz CT molecular complexity index is 709. The van der Waals surface area contributed by atoms with Gasteiger partial charge in [-0.05, 0) is 24.3 Å². The number of aromatic nitrogens is 1. The van der Waals surface area contributed by atoms with Crippen LogP contribution in [0.15, 0.2) is 35.1 Å². The van der Waals surface area contributed by atoms with Crippen LogP contribution >= 0.6 is 12.6 Å². The van der Waals surface area contributed by atoms with E-state index in [0.29, 0.717) is 24.5 Å². The molecule has 0 fully saturated rings. The lowest BCUT2D eigenvalue weighted by atomic mass is 10.1. The SMILES string of the molecule is Cn1c(-c2ccc3c(c2)OCCO3)ccc(CS)c1=O. The van der Waals surface area contributed by atoms with Crippen LogP contribution in [0.5, 0.6) is 11.5 Å². The highest BCUT2D eigenvalue weighted by Crippen LogP contribution is 2.34. The molecule has 104 valence electrons. The van der Waals surface area contributed by atoms with Gasteiger partial charge in [-0.25, -0.2) is 0 Å². The average molecular weight is 289 g/mol. The summed E-state index contributed by atoms with van der Waals surface area (Å²) in [6.45, 7) is 1.12. The number of thiol groups is 1. The zero-order chi connectivity index (χ0) is 14.1. The molecule has 0 saturated heterocycles. The molecule has 0 amide bonds. The summed E-state index contributed by atoms with van der Waals surface area (Å²) in [6, 6.07) is 9.47. The third-order valence-corrected chi connectivity index (χ3v) is 3.73. The predicted molar refractivity (Wildman–Crippen MR) is 80.8 cm³/mol. The highest BCUT2D eigenvalue weighted by atomic mass is 32.1. The lowest BCUT2D eigenvalue weighted by Gasteiger charge is -2.19. The smallest absolute Gasteiger partial charge is 0.254 e. The molecule has 0 spiro atoms. The second-order valence-corrected chi connectivity index (χ2v) is 4.94. The van der Waals surface area contributed by atoms with Crippen LogP contribution in [0, 0.1) is 0 Å². The highest BCUT2D eigenvalue weighted by Gasteiger charge is 2.14. The Morgan fingerprint density at radius 1 is 1.15 bits per heavy atom. The van der Waals surface area contributed by atoms with Crippen molar-refractivity contribution in [1.82, 2.24) is 4.57 Å². The molecule has 0 aliphatic carbocycles. The van der Waals surface area contributed by atoms with Crippen molar-refractivity contribution in [2.75, 3.05) is 13.2 Å². The molecule has 1 aliphatic heterocycles. The lowest BCUT2D eigenvalue weighted by molar-refractivity contribution is 0.171. The first-order valence-electron chi connectivity index (χ1n) is 6.40.